The van der Waals surface area contributed by atoms with Crippen molar-refractivity contribution in [3.05, 3.63) is 77.9 Å². The highest BCUT2D eigenvalue weighted by Gasteiger charge is 2.59. The van der Waals surface area contributed by atoms with Crippen molar-refractivity contribution in [2.75, 3.05) is 36.1 Å². The van der Waals surface area contributed by atoms with Gasteiger partial charge in [-0.1, -0.05) is 44.2 Å². The summed E-state index contributed by atoms with van der Waals surface area (Å²) in [6.07, 6.45) is 5.00. The Bertz CT molecular complexity index is 1860. The van der Waals surface area contributed by atoms with E-state index in [0.717, 1.165) is 17.4 Å². The highest BCUT2D eigenvalue weighted by Crippen LogP contribution is 2.56. The first kappa shape index (κ1) is 30.9. The van der Waals surface area contributed by atoms with E-state index in [1.165, 1.54) is 18.3 Å². The van der Waals surface area contributed by atoms with Crippen LogP contribution in [0.1, 0.15) is 37.8 Å². The van der Waals surface area contributed by atoms with Gasteiger partial charge < -0.3 is 19.7 Å². The van der Waals surface area contributed by atoms with Crippen LogP contribution >= 0.6 is 0 Å². The number of fused-ring (bicyclic) bond motifs is 4. The normalized spacial score (nSPS) is 19.3. The van der Waals surface area contributed by atoms with E-state index in [4.69, 9.17) is 9.47 Å². The third kappa shape index (κ3) is 6.09. The molecule has 2 aromatic heterocycles. The summed E-state index contributed by atoms with van der Waals surface area (Å²) in [5, 5.41) is 3.88. The summed E-state index contributed by atoms with van der Waals surface area (Å²) in [7, 11) is -1.96. The number of nitrogens with one attached hydrogen (secondary N) is 2. The van der Waals surface area contributed by atoms with Gasteiger partial charge in [0.05, 0.1) is 41.8 Å². The van der Waals surface area contributed by atoms with E-state index in [2.05, 4.69) is 20.0 Å². The molecule has 0 saturated heterocycles. The number of aromatic nitrogens is 2. The number of benzene rings is 2. The highest BCUT2D eigenvalue weighted by molar-refractivity contribution is 7.92. The van der Waals surface area contributed by atoms with Gasteiger partial charge in [-0.3, -0.25) is 14.5 Å². The molecular weight excluding hydrogens is 597 g/mol. The standard InChI is InChI=1S/C33H36FN5O5S/c1-20(2)35-10-11-43-31-28(38-45(4,41)42)12-22(17-37-31)24-13-25-27(14-26(24)34)36-18-29-30(25)33(32(40)39(29)3)15-23(16-33)44-19-21-8-6-5-7-9-21/h5-9,12-14,17-18,20,23,35,38H,10-11,15-16,19H2,1-4H3. The van der Waals surface area contributed by atoms with Gasteiger partial charge in [0.25, 0.3) is 0 Å². The Balaban J connectivity index is 1.35. The number of nitrogens with zero attached hydrogens (tertiary/aromatic N) is 3. The van der Waals surface area contributed by atoms with Crippen LogP contribution in [0.5, 0.6) is 5.88 Å². The maximum absolute atomic E-state index is 15.7. The first-order chi connectivity index (χ1) is 21.4. The SMILES string of the molecule is CC(C)NCCOc1ncc(-c2cc3c4c(cnc3cc2F)N(C)C(=O)C42CC(OCc3ccccc3)C2)cc1NS(C)(=O)=O. The topological polar surface area (TPSA) is 123 Å². The average Bonchev–Trinajstić information content (AvgIpc) is 3.20. The molecule has 0 bridgehead atoms. The Morgan fingerprint density at radius 2 is 1.87 bits per heavy atom. The minimum Gasteiger partial charge on any atom is -0.475 e. The molecule has 1 spiro atoms. The van der Waals surface area contributed by atoms with Crippen LogP contribution in [-0.4, -0.2) is 62.9 Å². The molecule has 10 nitrogen and oxygen atoms in total. The number of amides is 1. The number of hydrogen-bond acceptors (Lipinski definition) is 8. The van der Waals surface area contributed by atoms with E-state index < -0.39 is 21.3 Å². The summed E-state index contributed by atoms with van der Waals surface area (Å²) in [6, 6.07) is 14.7. The molecule has 3 heterocycles. The summed E-state index contributed by atoms with van der Waals surface area (Å²) in [4.78, 5) is 24.1. The van der Waals surface area contributed by atoms with Crippen LogP contribution in [0.3, 0.4) is 0 Å². The van der Waals surface area contributed by atoms with Crippen LogP contribution in [0.15, 0.2) is 60.9 Å². The quantitative estimate of drug-likeness (QED) is 0.227. The molecule has 2 aromatic carbocycles. The Hall–Kier alpha value is -4.13. The van der Waals surface area contributed by atoms with Gasteiger partial charge >= 0.3 is 0 Å². The number of halogens is 1. The Morgan fingerprint density at radius 1 is 1.11 bits per heavy atom. The molecule has 2 aliphatic rings. The highest BCUT2D eigenvalue weighted by atomic mass is 32.2. The first-order valence-electron chi connectivity index (χ1n) is 14.9. The van der Waals surface area contributed by atoms with E-state index in [1.807, 2.05) is 44.2 Å². The van der Waals surface area contributed by atoms with Crippen molar-refractivity contribution in [1.29, 1.82) is 0 Å². The number of pyridine rings is 2. The zero-order valence-electron chi connectivity index (χ0n) is 25.6. The molecule has 4 aromatic rings. The van der Waals surface area contributed by atoms with Crippen molar-refractivity contribution in [2.45, 2.75) is 50.9 Å². The lowest BCUT2D eigenvalue weighted by Crippen LogP contribution is -2.52. The molecule has 45 heavy (non-hydrogen) atoms. The number of ether oxygens (including phenoxy) is 2. The number of carbonyl (C=O) groups is 1. The lowest BCUT2D eigenvalue weighted by Gasteiger charge is -2.43. The zero-order chi connectivity index (χ0) is 31.9. The maximum Gasteiger partial charge on any atom is 0.238 e. The van der Waals surface area contributed by atoms with E-state index >= 15 is 4.39 Å². The van der Waals surface area contributed by atoms with Gasteiger partial charge in [0.2, 0.25) is 21.8 Å². The van der Waals surface area contributed by atoms with Crippen LogP contribution in [0.4, 0.5) is 15.8 Å². The molecule has 1 aliphatic carbocycles. The fourth-order valence-electron chi connectivity index (χ4n) is 6.20. The molecule has 12 heteroatoms. The van der Waals surface area contributed by atoms with Gasteiger partial charge in [-0.15, -0.1) is 0 Å². The Morgan fingerprint density at radius 3 is 2.58 bits per heavy atom. The molecule has 236 valence electrons. The summed E-state index contributed by atoms with van der Waals surface area (Å²) < 4.78 is 54.4. The Labute approximate surface area is 262 Å². The Kier molecular flexibility index (Phi) is 8.23. The second-order valence-corrected chi connectivity index (χ2v) is 13.8. The van der Waals surface area contributed by atoms with Crippen molar-refractivity contribution in [3.8, 4) is 17.0 Å². The van der Waals surface area contributed by atoms with Gasteiger partial charge in [0.15, 0.2) is 0 Å². The van der Waals surface area contributed by atoms with Crippen molar-refractivity contribution < 1.29 is 27.1 Å². The van der Waals surface area contributed by atoms with Crippen LogP contribution in [-0.2, 0) is 31.6 Å². The second kappa shape index (κ2) is 12.0. The summed E-state index contributed by atoms with van der Waals surface area (Å²) in [5.41, 5.74) is 2.81. The fraction of sp³-hybridized carbons (Fsp3) is 0.364. The molecule has 1 fully saturated rings. The summed E-state index contributed by atoms with van der Waals surface area (Å²) >= 11 is 0. The van der Waals surface area contributed by atoms with Crippen molar-refractivity contribution >= 4 is 38.2 Å². The minimum absolute atomic E-state index is 0.0352. The average molecular weight is 634 g/mol. The van der Waals surface area contributed by atoms with Crippen LogP contribution < -0.4 is 19.7 Å². The molecular formula is C33H36FN5O5S. The molecule has 0 atom stereocenters. The number of hydrogen-bond donors (Lipinski definition) is 2. The number of likely N-dealkylation sites (N-methyl/N-ethyl adjacent to an activating group) is 1. The lowest BCUT2D eigenvalue weighted by atomic mass is 9.62. The second-order valence-electron chi connectivity index (χ2n) is 12.0. The molecule has 0 radical (unpaired) electrons. The first-order valence-corrected chi connectivity index (χ1v) is 16.7. The number of sulfonamides is 1. The van der Waals surface area contributed by atoms with Gasteiger partial charge in [0.1, 0.15) is 18.1 Å². The lowest BCUT2D eigenvalue weighted by molar-refractivity contribution is -0.134. The van der Waals surface area contributed by atoms with Crippen LogP contribution in [0.2, 0.25) is 0 Å². The largest absolute Gasteiger partial charge is 0.475 e. The van der Waals surface area contributed by atoms with Crippen molar-refractivity contribution in [2.24, 2.45) is 0 Å². The fourth-order valence-corrected chi connectivity index (χ4v) is 6.75. The predicted molar refractivity (Wildman–Crippen MR) is 171 cm³/mol. The third-order valence-electron chi connectivity index (χ3n) is 8.32. The number of anilines is 2. The van der Waals surface area contributed by atoms with Gasteiger partial charge in [-0.2, -0.15) is 0 Å². The molecule has 1 amide bonds. The van der Waals surface area contributed by atoms with E-state index in [-0.39, 0.29) is 41.8 Å². The molecule has 1 aliphatic heterocycles. The minimum atomic E-state index is -3.69. The number of carbonyl (C=O) groups excluding carboxylic acids is 1. The number of rotatable bonds is 11. The smallest absolute Gasteiger partial charge is 0.238 e. The van der Waals surface area contributed by atoms with Crippen LogP contribution in [0.25, 0.3) is 22.0 Å². The molecule has 2 N–H and O–H groups in total. The van der Waals surface area contributed by atoms with Gasteiger partial charge in [0, 0.05) is 54.0 Å². The van der Waals surface area contributed by atoms with Gasteiger partial charge in [-0.25, -0.2) is 17.8 Å². The maximum atomic E-state index is 15.7. The molecule has 6 rings (SSSR count). The van der Waals surface area contributed by atoms with Crippen LogP contribution in [0, 0.1) is 5.82 Å². The van der Waals surface area contributed by atoms with E-state index in [9.17, 15) is 13.2 Å². The summed E-state index contributed by atoms with van der Waals surface area (Å²) in [6.45, 7) is 5.25. The molecule has 1 saturated carbocycles. The third-order valence-corrected chi connectivity index (χ3v) is 8.91. The summed E-state index contributed by atoms with van der Waals surface area (Å²) in [5.74, 6) is -0.506. The van der Waals surface area contributed by atoms with Crippen molar-refractivity contribution in [1.82, 2.24) is 15.3 Å². The van der Waals surface area contributed by atoms with E-state index in [1.54, 1.807) is 24.2 Å². The van der Waals surface area contributed by atoms with Crippen molar-refractivity contribution in [3.63, 3.8) is 0 Å². The zero-order valence-corrected chi connectivity index (χ0v) is 26.4. The molecule has 0 unspecified atom stereocenters. The van der Waals surface area contributed by atoms with Gasteiger partial charge in [-0.05, 0) is 30.5 Å². The predicted octanol–water partition coefficient (Wildman–Crippen LogP) is 4.78. The van der Waals surface area contributed by atoms with E-state index in [0.29, 0.717) is 48.1 Å². The monoisotopic (exact) mass is 633 g/mol.